The summed E-state index contributed by atoms with van der Waals surface area (Å²) in [6, 6.07) is 7.28. The van der Waals surface area contributed by atoms with Crippen molar-refractivity contribution in [1.82, 2.24) is 10.2 Å². The molecular formula is C12H11N4O5P. The molecule has 1 heterocycles. The molecule has 0 aliphatic rings. The normalized spacial score (nSPS) is 11.1. The number of nitriles is 1. The predicted octanol–water partition coefficient (Wildman–Crippen LogP) is 1.97. The number of rotatable bonds is 5. The zero-order valence-corrected chi connectivity index (χ0v) is 12.5. The number of aromatic amines is 1. The maximum atomic E-state index is 12.5. The quantitative estimate of drug-likeness (QED) is 0.505. The second kappa shape index (κ2) is 6.07. The van der Waals surface area contributed by atoms with Gasteiger partial charge in [-0.05, 0) is 17.7 Å². The summed E-state index contributed by atoms with van der Waals surface area (Å²) in [7, 11) is -1.25. The lowest BCUT2D eigenvalue weighted by Gasteiger charge is -2.13. The van der Waals surface area contributed by atoms with Gasteiger partial charge in [-0.25, -0.2) is 0 Å². The maximum absolute atomic E-state index is 12.5. The molecule has 10 heteroatoms. The molecule has 0 amide bonds. The fourth-order valence-corrected chi connectivity index (χ4v) is 3.09. The first kappa shape index (κ1) is 15.9. The van der Waals surface area contributed by atoms with Gasteiger partial charge in [0.05, 0.1) is 10.5 Å². The van der Waals surface area contributed by atoms with Crippen molar-refractivity contribution in [3.05, 3.63) is 40.1 Å². The number of nitrogens with zero attached hydrogens (tertiary/aromatic N) is 3. The van der Waals surface area contributed by atoms with E-state index in [1.807, 2.05) is 6.07 Å². The second-order valence-electron chi connectivity index (χ2n) is 4.07. The summed E-state index contributed by atoms with van der Waals surface area (Å²) >= 11 is 0. The van der Waals surface area contributed by atoms with Gasteiger partial charge in [0, 0.05) is 26.4 Å². The Morgan fingerprint density at radius 2 is 1.91 bits per heavy atom. The van der Waals surface area contributed by atoms with Crippen molar-refractivity contribution in [2.24, 2.45) is 0 Å². The van der Waals surface area contributed by atoms with Gasteiger partial charge in [0.1, 0.15) is 6.07 Å². The topological polar surface area (TPSA) is 131 Å². The first-order valence-corrected chi connectivity index (χ1v) is 7.46. The molecule has 114 valence electrons. The molecule has 0 bridgehead atoms. The molecule has 1 aromatic carbocycles. The van der Waals surface area contributed by atoms with Crippen molar-refractivity contribution in [2.45, 2.75) is 0 Å². The highest BCUT2D eigenvalue weighted by Gasteiger charge is 2.33. The minimum Gasteiger partial charge on any atom is -0.308 e. The van der Waals surface area contributed by atoms with Crippen molar-refractivity contribution in [1.29, 1.82) is 5.26 Å². The summed E-state index contributed by atoms with van der Waals surface area (Å²) < 4.78 is 22.3. The van der Waals surface area contributed by atoms with Crippen LogP contribution in [0.15, 0.2) is 24.3 Å². The number of hydrogen-bond donors (Lipinski definition) is 1. The van der Waals surface area contributed by atoms with E-state index in [9.17, 15) is 14.7 Å². The molecule has 1 aromatic heterocycles. The van der Waals surface area contributed by atoms with Crippen LogP contribution in [0.4, 0.5) is 5.69 Å². The SMILES string of the molecule is COP(=O)(OC)c1[nH]nc(C#N)c1-c1ccc([N+](=O)[O-])cc1. The highest BCUT2D eigenvalue weighted by Crippen LogP contribution is 2.47. The minimum absolute atomic E-state index is 0.0156. The third-order valence-electron chi connectivity index (χ3n) is 2.97. The minimum atomic E-state index is -3.66. The molecule has 0 saturated carbocycles. The molecule has 0 spiro atoms. The Hall–Kier alpha value is -2.53. The number of aromatic nitrogens is 2. The lowest BCUT2D eigenvalue weighted by atomic mass is 10.1. The molecule has 0 atom stereocenters. The van der Waals surface area contributed by atoms with Crippen molar-refractivity contribution < 1.29 is 18.5 Å². The highest BCUT2D eigenvalue weighted by atomic mass is 31.2. The predicted molar refractivity (Wildman–Crippen MR) is 76.7 cm³/mol. The van der Waals surface area contributed by atoms with E-state index in [0.717, 1.165) is 0 Å². The zero-order valence-electron chi connectivity index (χ0n) is 11.6. The molecule has 22 heavy (non-hydrogen) atoms. The fraction of sp³-hybridized carbons (Fsp3) is 0.167. The molecule has 1 N–H and O–H groups in total. The van der Waals surface area contributed by atoms with Crippen LogP contribution in [0.3, 0.4) is 0 Å². The number of nitro groups is 1. The average molecular weight is 322 g/mol. The van der Waals surface area contributed by atoms with E-state index >= 15 is 0 Å². The highest BCUT2D eigenvalue weighted by molar-refractivity contribution is 7.62. The van der Waals surface area contributed by atoms with E-state index in [1.165, 1.54) is 38.5 Å². The summed E-state index contributed by atoms with van der Waals surface area (Å²) in [5.74, 6) is 0. The van der Waals surface area contributed by atoms with E-state index in [4.69, 9.17) is 14.3 Å². The number of nitrogens with one attached hydrogen (secondary N) is 1. The first-order chi connectivity index (χ1) is 10.5. The van der Waals surface area contributed by atoms with Gasteiger partial charge in [-0.3, -0.25) is 19.8 Å². The van der Waals surface area contributed by atoms with Crippen molar-refractivity contribution in [3.8, 4) is 17.2 Å². The van der Waals surface area contributed by atoms with Crippen LogP contribution in [0.1, 0.15) is 5.69 Å². The zero-order chi connectivity index (χ0) is 16.3. The Labute approximate surface area is 125 Å². The van der Waals surface area contributed by atoms with Gasteiger partial charge in [-0.15, -0.1) is 0 Å². The van der Waals surface area contributed by atoms with Crippen LogP contribution in [-0.4, -0.2) is 29.3 Å². The number of benzene rings is 1. The average Bonchev–Trinajstić information content (AvgIpc) is 2.98. The molecule has 2 rings (SSSR count). The lowest BCUT2D eigenvalue weighted by molar-refractivity contribution is -0.384. The van der Waals surface area contributed by atoms with Crippen LogP contribution in [0, 0.1) is 21.4 Å². The van der Waals surface area contributed by atoms with Crippen LogP contribution in [-0.2, 0) is 13.6 Å². The summed E-state index contributed by atoms with van der Waals surface area (Å²) in [6.45, 7) is 0. The van der Waals surface area contributed by atoms with Gasteiger partial charge in [-0.1, -0.05) is 0 Å². The Bertz CT molecular complexity index is 785. The van der Waals surface area contributed by atoms with Gasteiger partial charge in [0.15, 0.2) is 11.1 Å². The smallest absolute Gasteiger partial charge is 0.308 e. The van der Waals surface area contributed by atoms with Crippen LogP contribution >= 0.6 is 7.60 Å². The third kappa shape index (κ3) is 2.63. The van der Waals surface area contributed by atoms with Gasteiger partial charge in [0.2, 0.25) is 0 Å². The molecule has 0 aliphatic heterocycles. The standard InChI is InChI=1S/C12H11N4O5P/c1-20-22(19,21-2)12-11(10(7-13)14-15-12)8-3-5-9(6-4-8)16(17)18/h3-6H,1-2H3,(H,14,15). The Morgan fingerprint density at radius 3 is 2.36 bits per heavy atom. The molecule has 9 nitrogen and oxygen atoms in total. The van der Waals surface area contributed by atoms with E-state index in [0.29, 0.717) is 5.56 Å². The van der Waals surface area contributed by atoms with Crippen LogP contribution in [0.2, 0.25) is 0 Å². The monoisotopic (exact) mass is 322 g/mol. The van der Waals surface area contributed by atoms with Crippen LogP contribution < -0.4 is 5.44 Å². The Balaban J connectivity index is 2.64. The number of H-pyrrole nitrogens is 1. The molecule has 2 aromatic rings. The fourth-order valence-electron chi connectivity index (χ4n) is 1.89. The lowest BCUT2D eigenvalue weighted by Crippen LogP contribution is -2.12. The Morgan fingerprint density at radius 1 is 1.32 bits per heavy atom. The number of hydrogen-bond acceptors (Lipinski definition) is 7. The van der Waals surface area contributed by atoms with E-state index in [1.54, 1.807) is 0 Å². The number of non-ortho nitro benzene ring substituents is 1. The van der Waals surface area contributed by atoms with E-state index in [-0.39, 0.29) is 22.4 Å². The number of nitro benzene ring substituents is 1. The molecule has 0 fully saturated rings. The molecule has 0 aliphatic carbocycles. The molecule has 0 saturated heterocycles. The van der Waals surface area contributed by atoms with Gasteiger partial charge in [0.25, 0.3) is 5.69 Å². The largest absolute Gasteiger partial charge is 0.379 e. The summed E-state index contributed by atoms with van der Waals surface area (Å²) in [5, 5.41) is 26.1. The van der Waals surface area contributed by atoms with Crippen LogP contribution in [0.5, 0.6) is 0 Å². The van der Waals surface area contributed by atoms with Gasteiger partial charge < -0.3 is 9.05 Å². The van der Waals surface area contributed by atoms with Crippen molar-refractivity contribution in [2.75, 3.05) is 14.2 Å². The third-order valence-corrected chi connectivity index (χ3v) is 4.81. The summed E-state index contributed by atoms with van der Waals surface area (Å²) in [6.07, 6.45) is 0. The van der Waals surface area contributed by atoms with E-state index in [2.05, 4.69) is 10.2 Å². The van der Waals surface area contributed by atoms with Crippen LogP contribution in [0.25, 0.3) is 11.1 Å². The Kier molecular flexibility index (Phi) is 4.37. The summed E-state index contributed by atoms with van der Waals surface area (Å²) in [5.41, 5.74) is 0.555. The van der Waals surface area contributed by atoms with Gasteiger partial charge in [-0.2, -0.15) is 10.4 Å². The first-order valence-electron chi connectivity index (χ1n) is 5.92. The summed E-state index contributed by atoms with van der Waals surface area (Å²) in [4.78, 5) is 10.1. The van der Waals surface area contributed by atoms with Crippen molar-refractivity contribution in [3.63, 3.8) is 0 Å². The van der Waals surface area contributed by atoms with E-state index < -0.39 is 12.5 Å². The molecule has 0 radical (unpaired) electrons. The van der Waals surface area contributed by atoms with Crippen molar-refractivity contribution >= 4 is 18.7 Å². The molecular weight excluding hydrogens is 311 g/mol. The second-order valence-corrected chi connectivity index (χ2v) is 6.25. The molecule has 0 unspecified atom stereocenters. The maximum Gasteiger partial charge on any atom is 0.379 e. The van der Waals surface area contributed by atoms with Gasteiger partial charge >= 0.3 is 7.60 Å².